The Labute approximate surface area is 306 Å². The van der Waals surface area contributed by atoms with E-state index in [0.717, 1.165) is 16.3 Å². The molecule has 1 aliphatic rings. The zero-order chi connectivity index (χ0) is 38.3. The summed E-state index contributed by atoms with van der Waals surface area (Å²) >= 11 is 0. The Hall–Kier alpha value is -6.39. The average molecular weight is 730 g/mol. The second-order valence-corrected chi connectivity index (χ2v) is 12.7. The molecule has 5 amide bonds. The molecular formula is C36H47N11O6. The molecule has 0 spiro atoms. The number of hydrogen-bond acceptors (Lipinski definition) is 8. The average Bonchev–Trinajstić information content (AvgIpc) is 3.12. The van der Waals surface area contributed by atoms with Crippen LogP contribution in [0.15, 0.2) is 76.7 Å². The van der Waals surface area contributed by atoms with E-state index in [0.29, 0.717) is 5.56 Å². The highest BCUT2D eigenvalue weighted by molar-refractivity contribution is 5.97. The van der Waals surface area contributed by atoms with E-state index in [4.69, 9.17) is 22.9 Å². The van der Waals surface area contributed by atoms with E-state index in [2.05, 4.69) is 36.6 Å². The Kier molecular flexibility index (Phi) is 14.3. The molecular weight excluding hydrogens is 682 g/mol. The van der Waals surface area contributed by atoms with Gasteiger partial charge in [-0.05, 0) is 59.7 Å². The fraction of sp³-hybridized carbons (Fsp3) is 0.361. The van der Waals surface area contributed by atoms with Crippen molar-refractivity contribution in [2.75, 3.05) is 19.6 Å². The quantitative estimate of drug-likeness (QED) is 0.0585. The van der Waals surface area contributed by atoms with Gasteiger partial charge in [-0.2, -0.15) is 0 Å². The van der Waals surface area contributed by atoms with E-state index >= 15 is 0 Å². The van der Waals surface area contributed by atoms with Crippen molar-refractivity contribution in [3.63, 3.8) is 0 Å². The molecule has 0 aliphatic carbocycles. The topological polar surface area (TPSA) is 295 Å². The molecule has 4 rings (SSSR count). The molecule has 53 heavy (non-hydrogen) atoms. The molecule has 17 heteroatoms. The number of amides is 5. The number of benzene rings is 3. The maximum Gasteiger partial charge on any atom is 0.243 e. The number of nitrogens with zero attached hydrogens (tertiary/aromatic N) is 2. The maximum atomic E-state index is 13.9. The van der Waals surface area contributed by atoms with Crippen LogP contribution in [-0.2, 0) is 36.8 Å². The molecule has 1 aliphatic heterocycles. The number of phenolic OH excluding ortho intramolecular Hbond substituents is 1. The van der Waals surface area contributed by atoms with Crippen LogP contribution in [0.2, 0.25) is 0 Å². The SMILES string of the molecule is NC(N)=NCCC[C@@H]1NC(=O)[C@H](Cc2ccc(O)cc2)NC(=O)CNC(=O)[C@H](Cc2ccc3ccccc3c2)NC(=O)[C@H](CCCN=C(N)N)NC1=O. The van der Waals surface area contributed by atoms with Gasteiger partial charge < -0.3 is 54.6 Å². The van der Waals surface area contributed by atoms with E-state index in [1.165, 1.54) is 12.1 Å². The van der Waals surface area contributed by atoms with Crippen molar-refractivity contribution in [1.29, 1.82) is 0 Å². The molecule has 4 atom stereocenters. The maximum absolute atomic E-state index is 13.9. The summed E-state index contributed by atoms with van der Waals surface area (Å²) in [5.41, 5.74) is 23.2. The van der Waals surface area contributed by atoms with Gasteiger partial charge in [0, 0.05) is 25.9 Å². The van der Waals surface area contributed by atoms with Gasteiger partial charge in [-0.15, -0.1) is 0 Å². The minimum Gasteiger partial charge on any atom is -0.508 e. The summed E-state index contributed by atoms with van der Waals surface area (Å²) in [7, 11) is 0. The molecule has 3 aromatic rings. The highest BCUT2D eigenvalue weighted by Crippen LogP contribution is 2.17. The molecule has 1 fully saturated rings. The normalized spacial score (nSPS) is 20.0. The molecule has 0 unspecified atom stereocenters. The molecule has 17 nitrogen and oxygen atoms in total. The van der Waals surface area contributed by atoms with Crippen molar-refractivity contribution >= 4 is 52.2 Å². The lowest BCUT2D eigenvalue weighted by atomic mass is 10.0. The number of carbonyl (C=O) groups excluding carboxylic acids is 5. The lowest BCUT2D eigenvalue weighted by molar-refractivity contribution is -0.134. The molecule has 0 aromatic heterocycles. The van der Waals surface area contributed by atoms with Crippen molar-refractivity contribution in [3.8, 4) is 5.75 Å². The summed E-state index contributed by atoms with van der Waals surface area (Å²) < 4.78 is 0. The first-order valence-corrected chi connectivity index (χ1v) is 17.2. The van der Waals surface area contributed by atoms with Crippen LogP contribution in [0.5, 0.6) is 5.75 Å². The summed E-state index contributed by atoms with van der Waals surface area (Å²) in [6, 6.07) is 14.7. The standard InChI is InChI=1S/C36H47N11O6/c37-35(38)41-15-3-7-26-32(51)45-27(8-4-16-42-36(39)40)33(52)47-28(19-22-9-12-23-5-1-2-6-24(23)17-22)31(50)43-20-30(49)44-29(34(53)46-26)18-21-10-13-25(48)14-11-21/h1-2,5-6,9-14,17,26-29,48H,3-4,7-8,15-16,18-20H2,(H,43,50)(H,44,49)(H,45,51)(H,46,53)(H,47,52)(H4,37,38,41)(H4,39,40,42)/t26-,27-,28-,29-/m0/s1. The van der Waals surface area contributed by atoms with Crippen molar-refractivity contribution in [2.45, 2.75) is 62.7 Å². The summed E-state index contributed by atoms with van der Waals surface area (Å²) in [6.07, 6.45) is 0.769. The number of nitrogens with one attached hydrogen (secondary N) is 5. The van der Waals surface area contributed by atoms with Gasteiger partial charge >= 0.3 is 0 Å². The third-order valence-corrected chi connectivity index (χ3v) is 8.49. The van der Waals surface area contributed by atoms with Gasteiger partial charge in [0.05, 0.1) is 6.54 Å². The molecule has 0 saturated carbocycles. The van der Waals surface area contributed by atoms with E-state index in [9.17, 15) is 29.1 Å². The monoisotopic (exact) mass is 729 g/mol. The smallest absolute Gasteiger partial charge is 0.243 e. The second-order valence-electron chi connectivity index (χ2n) is 12.7. The van der Waals surface area contributed by atoms with E-state index in [1.54, 1.807) is 12.1 Å². The van der Waals surface area contributed by atoms with Gasteiger partial charge in [-0.25, -0.2) is 0 Å². The molecule has 1 saturated heterocycles. The van der Waals surface area contributed by atoms with Crippen molar-refractivity contribution in [1.82, 2.24) is 26.6 Å². The molecule has 0 radical (unpaired) electrons. The molecule has 282 valence electrons. The number of phenols is 1. The number of hydrogen-bond donors (Lipinski definition) is 10. The Morgan fingerprint density at radius 2 is 1.09 bits per heavy atom. The van der Waals surface area contributed by atoms with Crippen LogP contribution in [0.1, 0.15) is 36.8 Å². The summed E-state index contributed by atoms with van der Waals surface area (Å²) in [6.45, 7) is -0.194. The van der Waals surface area contributed by atoms with Crippen LogP contribution in [-0.4, -0.2) is 90.4 Å². The number of carbonyl (C=O) groups is 5. The van der Waals surface area contributed by atoms with Gasteiger partial charge in [0.1, 0.15) is 29.9 Å². The molecule has 3 aromatic carbocycles. The van der Waals surface area contributed by atoms with Gasteiger partial charge in [0.25, 0.3) is 0 Å². The summed E-state index contributed by atoms with van der Waals surface area (Å²) in [5.74, 6) is -3.66. The van der Waals surface area contributed by atoms with Gasteiger partial charge in [-0.3, -0.25) is 34.0 Å². The fourth-order valence-corrected chi connectivity index (χ4v) is 5.79. The van der Waals surface area contributed by atoms with Gasteiger partial charge in [0.2, 0.25) is 29.5 Å². The van der Waals surface area contributed by atoms with E-state index in [1.807, 2.05) is 42.5 Å². The van der Waals surface area contributed by atoms with Crippen LogP contribution in [0.3, 0.4) is 0 Å². The van der Waals surface area contributed by atoms with Crippen LogP contribution >= 0.6 is 0 Å². The van der Waals surface area contributed by atoms with Crippen molar-refractivity contribution in [2.24, 2.45) is 32.9 Å². The van der Waals surface area contributed by atoms with Crippen LogP contribution in [0.25, 0.3) is 10.8 Å². The minimum atomic E-state index is -1.19. The first-order chi connectivity index (χ1) is 25.4. The van der Waals surface area contributed by atoms with Crippen LogP contribution in [0.4, 0.5) is 0 Å². The Morgan fingerprint density at radius 3 is 1.68 bits per heavy atom. The largest absolute Gasteiger partial charge is 0.508 e. The minimum absolute atomic E-state index is 0.00775. The Morgan fingerprint density at radius 1 is 0.604 bits per heavy atom. The number of fused-ring (bicyclic) bond motifs is 1. The first-order valence-electron chi connectivity index (χ1n) is 17.2. The summed E-state index contributed by atoms with van der Waals surface area (Å²) in [4.78, 5) is 76.4. The highest BCUT2D eigenvalue weighted by atomic mass is 16.3. The lowest BCUT2D eigenvalue weighted by Crippen LogP contribution is -2.58. The number of rotatable bonds is 12. The first kappa shape index (κ1) is 39.4. The zero-order valence-corrected chi connectivity index (χ0v) is 29.2. The van der Waals surface area contributed by atoms with Crippen LogP contribution < -0.4 is 49.5 Å². The predicted octanol–water partition coefficient (Wildman–Crippen LogP) is -1.49. The number of aromatic hydroxyl groups is 1. The Balaban J connectivity index is 1.68. The fourth-order valence-electron chi connectivity index (χ4n) is 5.79. The predicted molar refractivity (Wildman–Crippen MR) is 200 cm³/mol. The second kappa shape index (κ2) is 19.3. The van der Waals surface area contributed by atoms with Gasteiger partial charge in [-0.1, -0.05) is 54.6 Å². The lowest BCUT2D eigenvalue weighted by Gasteiger charge is -2.26. The molecule has 1 heterocycles. The van der Waals surface area contributed by atoms with E-state index < -0.39 is 60.2 Å². The molecule has 14 N–H and O–H groups in total. The number of guanidine groups is 2. The third-order valence-electron chi connectivity index (χ3n) is 8.49. The third kappa shape index (κ3) is 12.7. The Bertz CT molecular complexity index is 1820. The van der Waals surface area contributed by atoms with E-state index in [-0.39, 0.29) is 69.3 Å². The zero-order valence-electron chi connectivity index (χ0n) is 29.2. The van der Waals surface area contributed by atoms with Crippen molar-refractivity contribution in [3.05, 3.63) is 77.9 Å². The van der Waals surface area contributed by atoms with Gasteiger partial charge in [0.15, 0.2) is 11.9 Å². The number of nitrogens with two attached hydrogens (primary N) is 4. The highest BCUT2D eigenvalue weighted by Gasteiger charge is 2.32. The summed E-state index contributed by atoms with van der Waals surface area (Å²) in [5, 5.41) is 25.1. The number of aliphatic imine (C=N–C) groups is 2. The van der Waals surface area contributed by atoms with Crippen LogP contribution in [0, 0.1) is 0 Å². The van der Waals surface area contributed by atoms with Crippen molar-refractivity contribution < 1.29 is 29.1 Å². The molecule has 0 bridgehead atoms.